The molecule has 0 unspecified atom stereocenters. The Kier molecular flexibility index (Phi) is 6.60. The SMILES string of the molecule is Cc1ccc(C)c(NS(=O)(=O)c2ccc(OCC(=O)Nc3cc(F)ccc3C)cc2)c1. The fourth-order valence-corrected chi connectivity index (χ4v) is 3.95. The van der Waals surface area contributed by atoms with Gasteiger partial charge in [-0.2, -0.15) is 0 Å². The highest BCUT2D eigenvalue weighted by molar-refractivity contribution is 7.92. The van der Waals surface area contributed by atoms with E-state index in [-0.39, 0.29) is 11.5 Å². The van der Waals surface area contributed by atoms with Gasteiger partial charge in [-0.25, -0.2) is 12.8 Å². The highest BCUT2D eigenvalue weighted by Gasteiger charge is 2.16. The molecule has 3 aromatic rings. The molecular formula is C23H23FN2O4S. The van der Waals surface area contributed by atoms with Crippen molar-refractivity contribution in [2.24, 2.45) is 0 Å². The number of amides is 1. The van der Waals surface area contributed by atoms with Gasteiger partial charge < -0.3 is 10.1 Å². The van der Waals surface area contributed by atoms with Crippen LogP contribution in [0, 0.1) is 26.6 Å². The number of hydrogen-bond acceptors (Lipinski definition) is 4. The van der Waals surface area contributed by atoms with Crippen molar-refractivity contribution in [1.29, 1.82) is 0 Å². The van der Waals surface area contributed by atoms with Gasteiger partial charge in [0.2, 0.25) is 0 Å². The summed E-state index contributed by atoms with van der Waals surface area (Å²) in [4.78, 5) is 12.1. The molecule has 0 saturated carbocycles. The molecule has 0 bridgehead atoms. The predicted octanol–water partition coefficient (Wildman–Crippen LogP) is 4.57. The van der Waals surface area contributed by atoms with Crippen molar-refractivity contribution >= 4 is 27.3 Å². The number of anilines is 2. The topological polar surface area (TPSA) is 84.5 Å². The van der Waals surface area contributed by atoms with Crippen LogP contribution in [0.5, 0.6) is 5.75 Å². The first-order chi connectivity index (χ1) is 14.6. The summed E-state index contributed by atoms with van der Waals surface area (Å²) in [6.07, 6.45) is 0. The molecule has 0 spiro atoms. The second kappa shape index (κ2) is 9.18. The number of rotatable bonds is 7. The van der Waals surface area contributed by atoms with Gasteiger partial charge in [-0.1, -0.05) is 18.2 Å². The van der Waals surface area contributed by atoms with E-state index in [1.807, 2.05) is 26.0 Å². The number of carbonyl (C=O) groups is 1. The van der Waals surface area contributed by atoms with E-state index in [4.69, 9.17) is 4.74 Å². The molecule has 0 aliphatic carbocycles. The Balaban J connectivity index is 1.62. The minimum absolute atomic E-state index is 0.0700. The number of hydrogen-bond donors (Lipinski definition) is 2. The van der Waals surface area contributed by atoms with Crippen LogP contribution in [0.15, 0.2) is 65.6 Å². The van der Waals surface area contributed by atoms with Gasteiger partial charge in [-0.05, 0) is 79.9 Å². The van der Waals surface area contributed by atoms with Gasteiger partial charge in [0, 0.05) is 5.69 Å². The molecule has 1 amide bonds. The fourth-order valence-electron chi connectivity index (χ4n) is 2.83. The summed E-state index contributed by atoms with van der Waals surface area (Å²) in [5.74, 6) is -0.577. The molecule has 2 N–H and O–H groups in total. The Labute approximate surface area is 181 Å². The molecule has 0 aliphatic rings. The quantitative estimate of drug-likeness (QED) is 0.561. The van der Waals surface area contributed by atoms with E-state index in [2.05, 4.69) is 10.0 Å². The van der Waals surface area contributed by atoms with Crippen LogP contribution in [0.3, 0.4) is 0 Å². The van der Waals surface area contributed by atoms with Crippen LogP contribution in [0.4, 0.5) is 15.8 Å². The third-order valence-electron chi connectivity index (χ3n) is 4.62. The Morgan fingerprint density at radius 3 is 2.26 bits per heavy atom. The van der Waals surface area contributed by atoms with Crippen molar-refractivity contribution in [2.45, 2.75) is 25.7 Å². The summed E-state index contributed by atoms with van der Waals surface area (Å²) in [6.45, 7) is 5.16. The van der Waals surface area contributed by atoms with Crippen molar-refractivity contribution in [3.63, 3.8) is 0 Å². The number of sulfonamides is 1. The summed E-state index contributed by atoms with van der Waals surface area (Å²) in [6, 6.07) is 15.4. The maximum Gasteiger partial charge on any atom is 0.262 e. The summed E-state index contributed by atoms with van der Waals surface area (Å²) < 4.78 is 46.6. The molecule has 3 aromatic carbocycles. The molecule has 0 radical (unpaired) electrons. The molecule has 8 heteroatoms. The lowest BCUT2D eigenvalue weighted by atomic mass is 10.1. The Morgan fingerprint density at radius 2 is 1.55 bits per heavy atom. The Hall–Kier alpha value is -3.39. The first kappa shape index (κ1) is 22.3. The van der Waals surface area contributed by atoms with E-state index in [0.717, 1.165) is 16.7 Å². The largest absolute Gasteiger partial charge is 0.484 e. The van der Waals surface area contributed by atoms with Gasteiger partial charge in [0.05, 0.1) is 10.6 Å². The second-order valence-electron chi connectivity index (χ2n) is 7.19. The number of halogens is 1. The molecule has 6 nitrogen and oxygen atoms in total. The van der Waals surface area contributed by atoms with Crippen LogP contribution in [0.1, 0.15) is 16.7 Å². The third-order valence-corrected chi connectivity index (χ3v) is 6.00. The molecular weight excluding hydrogens is 419 g/mol. The van der Waals surface area contributed by atoms with E-state index >= 15 is 0 Å². The van der Waals surface area contributed by atoms with Crippen LogP contribution >= 0.6 is 0 Å². The fraction of sp³-hybridized carbons (Fsp3) is 0.174. The Bertz CT molecular complexity index is 1210. The smallest absolute Gasteiger partial charge is 0.262 e. The molecule has 31 heavy (non-hydrogen) atoms. The van der Waals surface area contributed by atoms with Crippen LogP contribution in [0.2, 0.25) is 0 Å². The van der Waals surface area contributed by atoms with Crippen LogP contribution in [-0.2, 0) is 14.8 Å². The summed E-state index contributed by atoms with van der Waals surface area (Å²) in [7, 11) is -3.77. The number of benzene rings is 3. The molecule has 0 atom stereocenters. The molecule has 0 fully saturated rings. The van der Waals surface area contributed by atoms with Crippen LogP contribution in [-0.4, -0.2) is 20.9 Å². The van der Waals surface area contributed by atoms with Gasteiger partial charge in [-0.3, -0.25) is 9.52 Å². The van der Waals surface area contributed by atoms with Gasteiger partial charge >= 0.3 is 0 Å². The number of nitrogens with one attached hydrogen (secondary N) is 2. The van der Waals surface area contributed by atoms with Crippen LogP contribution in [0.25, 0.3) is 0 Å². The first-order valence-corrected chi connectivity index (χ1v) is 11.0. The zero-order valence-corrected chi connectivity index (χ0v) is 18.2. The van der Waals surface area contributed by atoms with E-state index in [9.17, 15) is 17.6 Å². The van der Waals surface area contributed by atoms with Gasteiger partial charge in [0.25, 0.3) is 15.9 Å². The van der Waals surface area contributed by atoms with Gasteiger partial charge in [-0.15, -0.1) is 0 Å². The zero-order chi connectivity index (χ0) is 22.6. The molecule has 0 heterocycles. The highest BCUT2D eigenvalue weighted by Crippen LogP contribution is 2.23. The average molecular weight is 443 g/mol. The number of aryl methyl sites for hydroxylation is 3. The normalized spacial score (nSPS) is 11.1. The monoisotopic (exact) mass is 442 g/mol. The highest BCUT2D eigenvalue weighted by atomic mass is 32.2. The van der Waals surface area contributed by atoms with Crippen molar-refractivity contribution in [3.05, 3.63) is 83.2 Å². The maximum atomic E-state index is 13.3. The minimum Gasteiger partial charge on any atom is -0.484 e. The van der Waals surface area contributed by atoms with Crippen molar-refractivity contribution in [2.75, 3.05) is 16.6 Å². The third kappa shape index (κ3) is 5.82. The number of carbonyl (C=O) groups excluding carboxylic acids is 1. The molecule has 0 aliphatic heterocycles. The van der Waals surface area contributed by atoms with E-state index < -0.39 is 21.7 Å². The summed E-state index contributed by atoms with van der Waals surface area (Å²) >= 11 is 0. The lowest BCUT2D eigenvalue weighted by Gasteiger charge is -2.12. The Morgan fingerprint density at radius 1 is 0.903 bits per heavy atom. The van der Waals surface area contributed by atoms with Crippen molar-refractivity contribution in [3.8, 4) is 5.75 Å². The predicted molar refractivity (Wildman–Crippen MR) is 118 cm³/mol. The van der Waals surface area contributed by atoms with Crippen molar-refractivity contribution in [1.82, 2.24) is 0 Å². The van der Waals surface area contributed by atoms with Crippen LogP contribution < -0.4 is 14.8 Å². The van der Waals surface area contributed by atoms with E-state index in [0.29, 0.717) is 17.1 Å². The van der Waals surface area contributed by atoms with E-state index in [1.165, 1.54) is 36.4 Å². The lowest BCUT2D eigenvalue weighted by molar-refractivity contribution is -0.118. The second-order valence-corrected chi connectivity index (χ2v) is 8.87. The summed E-state index contributed by atoms with van der Waals surface area (Å²) in [5.41, 5.74) is 3.37. The van der Waals surface area contributed by atoms with Gasteiger partial charge in [0.1, 0.15) is 11.6 Å². The zero-order valence-electron chi connectivity index (χ0n) is 17.4. The molecule has 3 rings (SSSR count). The minimum atomic E-state index is -3.77. The lowest BCUT2D eigenvalue weighted by Crippen LogP contribution is -2.20. The average Bonchev–Trinajstić information content (AvgIpc) is 2.72. The van der Waals surface area contributed by atoms with E-state index in [1.54, 1.807) is 19.1 Å². The molecule has 0 saturated heterocycles. The van der Waals surface area contributed by atoms with Crippen molar-refractivity contribution < 1.29 is 22.3 Å². The standard InChI is InChI=1S/C23H23FN2O4S/c1-15-4-5-17(3)22(12-15)26-31(28,29)20-10-8-19(9-11-20)30-14-23(27)25-21-13-18(24)7-6-16(21)2/h4-13,26H,14H2,1-3H3,(H,25,27). The van der Waals surface area contributed by atoms with Gasteiger partial charge in [0.15, 0.2) is 6.61 Å². The summed E-state index contributed by atoms with van der Waals surface area (Å²) in [5, 5.41) is 2.58. The maximum absolute atomic E-state index is 13.3. The number of ether oxygens (including phenoxy) is 1. The molecule has 162 valence electrons. The first-order valence-electron chi connectivity index (χ1n) is 9.53. The molecule has 0 aromatic heterocycles.